The van der Waals surface area contributed by atoms with Gasteiger partial charge in [-0.1, -0.05) is 0 Å². The molecule has 0 aliphatic carbocycles. The third kappa shape index (κ3) is 3.68. The van der Waals surface area contributed by atoms with E-state index in [-0.39, 0.29) is 5.69 Å². The van der Waals surface area contributed by atoms with E-state index < -0.39 is 17.5 Å². The first-order valence-corrected chi connectivity index (χ1v) is 7.69. The van der Waals surface area contributed by atoms with Crippen LogP contribution in [0.25, 0.3) is 0 Å². The number of carbonyl (C=O) groups excluding carboxylic acids is 1. The third-order valence-electron chi connectivity index (χ3n) is 4.01. The lowest BCUT2D eigenvalue weighted by Gasteiger charge is -2.33. The molecule has 2 aromatic rings. The first-order chi connectivity index (χ1) is 11.5. The molecular weight excluding hydrogens is 314 g/mol. The molecule has 0 saturated carbocycles. The minimum absolute atomic E-state index is 0.182. The number of halogens is 2. The van der Waals surface area contributed by atoms with E-state index in [0.717, 1.165) is 44.4 Å². The van der Waals surface area contributed by atoms with Crippen LogP contribution in [0.3, 0.4) is 0 Å². The average molecular weight is 332 g/mol. The van der Waals surface area contributed by atoms with E-state index in [0.29, 0.717) is 11.4 Å². The highest BCUT2D eigenvalue weighted by atomic mass is 19.1. The molecule has 0 spiro atoms. The topological polar surface area (TPSA) is 48.5 Å². The second-order valence-corrected chi connectivity index (χ2v) is 5.77. The zero-order valence-electron chi connectivity index (χ0n) is 13.3. The lowest BCUT2D eigenvalue weighted by atomic mass is 10.2. The first kappa shape index (κ1) is 16.3. The monoisotopic (exact) mass is 332 g/mol. The number of amides is 1. The number of nitrogens with one attached hydrogen (secondary N) is 1. The molecule has 1 saturated heterocycles. The van der Waals surface area contributed by atoms with Crippen molar-refractivity contribution in [3.05, 3.63) is 53.7 Å². The van der Waals surface area contributed by atoms with E-state index in [1.165, 1.54) is 0 Å². The van der Waals surface area contributed by atoms with Crippen LogP contribution in [0, 0.1) is 11.6 Å². The molecular formula is C17H18F2N4O. The Balaban J connectivity index is 1.76. The first-order valence-electron chi connectivity index (χ1n) is 7.69. The standard InChI is InChI=1S/C17H18F2N4O/c1-22-6-8-23(9-7-22)16-10-12(4-5-20-16)17(24)21-15-11-13(18)2-3-14(15)19/h2-5,10-11H,6-9H2,1H3,(H,21,24). The van der Waals surface area contributed by atoms with Crippen LogP contribution in [0.15, 0.2) is 36.5 Å². The van der Waals surface area contributed by atoms with Crippen LogP contribution < -0.4 is 10.2 Å². The summed E-state index contributed by atoms with van der Waals surface area (Å²) in [5.74, 6) is -1.09. The Hall–Kier alpha value is -2.54. The van der Waals surface area contributed by atoms with Gasteiger partial charge < -0.3 is 15.1 Å². The van der Waals surface area contributed by atoms with Gasteiger partial charge in [0.25, 0.3) is 5.91 Å². The highest BCUT2D eigenvalue weighted by Crippen LogP contribution is 2.18. The van der Waals surface area contributed by atoms with Crippen LogP contribution in [0.1, 0.15) is 10.4 Å². The maximum absolute atomic E-state index is 13.6. The summed E-state index contributed by atoms with van der Waals surface area (Å²) in [4.78, 5) is 20.9. The fraction of sp³-hybridized carbons (Fsp3) is 0.294. The van der Waals surface area contributed by atoms with E-state index in [9.17, 15) is 13.6 Å². The molecule has 1 N–H and O–H groups in total. The highest BCUT2D eigenvalue weighted by Gasteiger charge is 2.17. The zero-order valence-corrected chi connectivity index (χ0v) is 13.3. The minimum Gasteiger partial charge on any atom is -0.354 e. The van der Waals surface area contributed by atoms with Gasteiger partial charge in [-0.3, -0.25) is 4.79 Å². The summed E-state index contributed by atoms with van der Waals surface area (Å²) in [7, 11) is 2.06. The zero-order chi connectivity index (χ0) is 17.1. The molecule has 1 aliphatic rings. The molecule has 5 nitrogen and oxygen atoms in total. The predicted molar refractivity (Wildman–Crippen MR) is 88.3 cm³/mol. The fourth-order valence-electron chi connectivity index (χ4n) is 2.56. The average Bonchev–Trinajstić information content (AvgIpc) is 2.59. The van der Waals surface area contributed by atoms with Crippen LogP contribution in [-0.4, -0.2) is 49.0 Å². The maximum atomic E-state index is 13.6. The lowest BCUT2D eigenvalue weighted by Crippen LogP contribution is -2.44. The number of aromatic nitrogens is 1. The van der Waals surface area contributed by atoms with Crippen molar-refractivity contribution >= 4 is 17.4 Å². The molecule has 1 amide bonds. The molecule has 0 bridgehead atoms. The SMILES string of the molecule is CN1CCN(c2cc(C(=O)Nc3cc(F)ccc3F)ccn2)CC1. The Morgan fingerprint density at radius 3 is 2.62 bits per heavy atom. The van der Waals surface area contributed by atoms with E-state index >= 15 is 0 Å². The van der Waals surface area contributed by atoms with Crippen molar-refractivity contribution in [1.82, 2.24) is 9.88 Å². The van der Waals surface area contributed by atoms with E-state index in [1.54, 1.807) is 18.3 Å². The molecule has 1 aromatic carbocycles. The Bertz CT molecular complexity index is 745. The van der Waals surface area contributed by atoms with Crippen molar-refractivity contribution in [2.24, 2.45) is 0 Å². The van der Waals surface area contributed by atoms with Crippen molar-refractivity contribution in [3.8, 4) is 0 Å². The molecule has 126 valence electrons. The molecule has 3 rings (SSSR count). The molecule has 1 aliphatic heterocycles. The van der Waals surface area contributed by atoms with Crippen LogP contribution >= 0.6 is 0 Å². The van der Waals surface area contributed by atoms with Crippen LogP contribution in [-0.2, 0) is 0 Å². The number of benzene rings is 1. The van der Waals surface area contributed by atoms with Gasteiger partial charge in [-0.15, -0.1) is 0 Å². The summed E-state index contributed by atoms with van der Waals surface area (Å²) < 4.78 is 26.8. The number of piperazine rings is 1. The molecule has 0 unspecified atom stereocenters. The Kier molecular flexibility index (Phi) is 4.71. The number of nitrogens with zero attached hydrogens (tertiary/aromatic N) is 3. The fourth-order valence-corrected chi connectivity index (χ4v) is 2.56. The maximum Gasteiger partial charge on any atom is 0.255 e. The Morgan fingerprint density at radius 1 is 1.12 bits per heavy atom. The quantitative estimate of drug-likeness (QED) is 0.937. The summed E-state index contributed by atoms with van der Waals surface area (Å²) in [5, 5.41) is 2.40. The molecule has 7 heteroatoms. The van der Waals surface area contributed by atoms with Gasteiger partial charge in [-0.25, -0.2) is 13.8 Å². The molecule has 2 heterocycles. The molecule has 0 atom stereocenters. The van der Waals surface area contributed by atoms with Gasteiger partial charge in [0.05, 0.1) is 5.69 Å². The summed E-state index contributed by atoms with van der Waals surface area (Å²) in [6, 6.07) is 6.15. The van der Waals surface area contributed by atoms with Crippen molar-refractivity contribution in [1.29, 1.82) is 0 Å². The Morgan fingerprint density at radius 2 is 1.88 bits per heavy atom. The van der Waals surface area contributed by atoms with Gasteiger partial charge in [0.15, 0.2) is 0 Å². The largest absolute Gasteiger partial charge is 0.354 e. The summed E-state index contributed by atoms with van der Waals surface area (Å²) in [5.41, 5.74) is 0.167. The van der Waals surface area contributed by atoms with Crippen molar-refractivity contribution in [3.63, 3.8) is 0 Å². The molecule has 1 fully saturated rings. The van der Waals surface area contributed by atoms with E-state index in [4.69, 9.17) is 0 Å². The summed E-state index contributed by atoms with van der Waals surface area (Å²) in [6.07, 6.45) is 1.55. The Labute approximate surface area is 138 Å². The number of likely N-dealkylation sites (N-methyl/N-ethyl adjacent to an activating group) is 1. The number of hydrogen-bond acceptors (Lipinski definition) is 4. The van der Waals surface area contributed by atoms with Crippen LogP contribution in [0.2, 0.25) is 0 Å². The molecule has 1 aromatic heterocycles. The van der Waals surface area contributed by atoms with Crippen molar-refractivity contribution in [2.45, 2.75) is 0 Å². The number of pyridine rings is 1. The second kappa shape index (κ2) is 6.92. The molecule has 0 radical (unpaired) electrons. The second-order valence-electron chi connectivity index (χ2n) is 5.77. The normalized spacial score (nSPS) is 15.4. The van der Waals surface area contributed by atoms with Gasteiger partial charge in [-0.2, -0.15) is 0 Å². The van der Waals surface area contributed by atoms with Crippen molar-refractivity contribution in [2.75, 3.05) is 43.4 Å². The van der Waals surface area contributed by atoms with Crippen molar-refractivity contribution < 1.29 is 13.6 Å². The summed E-state index contributed by atoms with van der Waals surface area (Å²) in [6.45, 7) is 3.50. The molecule has 24 heavy (non-hydrogen) atoms. The van der Waals surface area contributed by atoms with E-state index in [2.05, 4.69) is 27.1 Å². The number of hydrogen-bond donors (Lipinski definition) is 1. The number of rotatable bonds is 3. The minimum atomic E-state index is -0.682. The van der Waals surface area contributed by atoms with Gasteiger partial charge >= 0.3 is 0 Å². The highest BCUT2D eigenvalue weighted by molar-refractivity contribution is 6.04. The van der Waals surface area contributed by atoms with Gasteiger partial charge in [0.2, 0.25) is 0 Å². The third-order valence-corrected chi connectivity index (χ3v) is 4.01. The number of anilines is 2. The van der Waals surface area contributed by atoms with Crippen LogP contribution in [0.5, 0.6) is 0 Å². The van der Waals surface area contributed by atoms with Gasteiger partial charge in [0.1, 0.15) is 17.5 Å². The van der Waals surface area contributed by atoms with E-state index in [1.807, 2.05) is 0 Å². The summed E-state index contributed by atoms with van der Waals surface area (Å²) >= 11 is 0. The van der Waals surface area contributed by atoms with Crippen LogP contribution in [0.4, 0.5) is 20.3 Å². The smallest absolute Gasteiger partial charge is 0.255 e. The predicted octanol–water partition coefficient (Wildman–Crippen LogP) is 2.36. The number of carbonyl (C=O) groups is 1. The van der Waals surface area contributed by atoms with Gasteiger partial charge in [0, 0.05) is 44.0 Å². The van der Waals surface area contributed by atoms with Gasteiger partial charge in [-0.05, 0) is 31.3 Å². The lowest BCUT2D eigenvalue weighted by molar-refractivity contribution is 0.102.